The molecular weight excluding hydrogens is 266 g/mol. The first kappa shape index (κ1) is 12.0. The quantitative estimate of drug-likeness (QED) is 0.427. The molecule has 0 bridgehead atoms. The summed E-state index contributed by atoms with van der Waals surface area (Å²) < 4.78 is 0. The van der Waals surface area contributed by atoms with Gasteiger partial charge in [-0.25, -0.2) is 0 Å². The Bertz CT molecular complexity index is 1070. The molecule has 1 unspecified atom stereocenters. The Balaban J connectivity index is 2.03. The Morgan fingerprint density at radius 1 is 0.909 bits per heavy atom. The summed E-state index contributed by atoms with van der Waals surface area (Å²) in [6.07, 6.45) is 5.80. The molecule has 1 aliphatic rings. The van der Waals surface area contributed by atoms with Crippen LogP contribution >= 0.6 is 0 Å². The van der Waals surface area contributed by atoms with E-state index in [1.165, 1.54) is 43.7 Å². The van der Waals surface area contributed by atoms with Gasteiger partial charge in [-0.15, -0.1) is 0 Å². The van der Waals surface area contributed by atoms with Crippen molar-refractivity contribution in [3.05, 3.63) is 65.7 Å². The fourth-order valence-electron chi connectivity index (χ4n) is 3.87. The van der Waals surface area contributed by atoms with Crippen LogP contribution in [0.4, 0.5) is 0 Å². The fraction of sp³-hybridized carbons (Fsp3) is 0.143. The lowest BCUT2D eigenvalue weighted by molar-refractivity contribution is 0.718. The first-order valence-corrected chi connectivity index (χ1v) is 7.94. The van der Waals surface area contributed by atoms with Crippen molar-refractivity contribution in [3.8, 4) is 0 Å². The van der Waals surface area contributed by atoms with Crippen molar-refractivity contribution in [2.75, 3.05) is 0 Å². The molecule has 0 saturated carbocycles. The second-order valence-corrected chi connectivity index (χ2v) is 6.44. The van der Waals surface area contributed by atoms with Gasteiger partial charge in [-0.05, 0) is 46.4 Å². The van der Waals surface area contributed by atoms with E-state index in [0.717, 1.165) is 6.42 Å². The van der Waals surface area contributed by atoms with Crippen molar-refractivity contribution in [2.45, 2.75) is 13.3 Å². The van der Waals surface area contributed by atoms with Crippen LogP contribution in [0.2, 0.25) is 0 Å². The van der Waals surface area contributed by atoms with E-state index in [2.05, 4.69) is 72.6 Å². The summed E-state index contributed by atoms with van der Waals surface area (Å²) in [7, 11) is 0. The van der Waals surface area contributed by atoms with Gasteiger partial charge in [0.05, 0.1) is 0 Å². The molecule has 106 valence electrons. The van der Waals surface area contributed by atoms with Gasteiger partial charge in [0.1, 0.15) is 0 Å². The zero-order chi connectivity index (χ0) is 14.7. The van der Waals surface area contributed by atoms with Gasteiger partial charge >= 0.3 is 0 Å². The van der Waals surface area contributed by atoms with E-state index in [1.54, 1.807) is 0 Å². The first-order valence-electron chi connectivity index (χ1n) is 7.94. The van der Waals surface area contributed by atoms with Crippen LogP contribution in [0.1, 0.15) is 18.1 Å². The normalized spacial score (nSPS) is 17.4. The summed E-state index contributed by atoms with van der Waals surface area (Å²) >= 11 is 0. The average Bonchev–Trinajstić information content (AvgIpc) is 2.94. The SMILES string of the molecule is CC1C=Cc2c(ccc3[nH]c4ccc5ccccc5c4c23)C1. The van der Waals surface area contributed by atoms with E-state index in [4.69, 9.17) is 0 Å². The zero-order valence-electron chi connectivity index (χ0n) is 12.6. The average molecular weight is 283 g/mol. The third-order valence-electron chi connectivity index (χ3n) is 4.92. The van der Waals surface area contributed by atoms with Crippen LogP contribution in [0.25, 0.3) is 38.7 Å². The Kier molecular flexibility index (Phi) is 2.32. The molecule has 0 spiro atoms. The van der Waals surface area contributed by atoms with Crippen LogP contribution in [0.3, 0.4) is 0 Å². The van der Waals surface area contributed by atoms with E-state index in [-0.39, 0.29) is 0 Å². The van der Waals surface area contributed by atoms with Crippen molar-refractivity contribution in [1.82, 2.24) is 4.98 Å². The van der Waals surface area contributed by atoms with Crippen molar-refractivity contribution in [3.63, 3.8) is 0 Å². The third kappa shape index (κ3) is 1.54. The molecule has 4 aromatic rings. The number of benzene rings is 3. The standard InChI is InChI=1S/C21H17N/c1-13-6-9-17-15(12-13)8-11-19-21(17)20-16-5-3-2-4-14(16)7-10-18(20)22-19/h2-11,13,22H,12H2,1H3. The number of H-pyrrole nitrogens is 1. The summed E-state index contributed by atoms with van der Waals surface area (Å²) in [6, 6.07) is 17.6. The summed E-state index contributed by atoms with van der Waals surface area (Å²) in [6.45, 7) is 2.29. The number of allylic oxidation sites excluding steroid dienone is 1. The maximum absolute atomic E-state index is 3.60. The Morgan fingerprint density at radius 3 is 2.68 bits per heavy atom. The van der Waals surface area contributed by atoms with Crippen LogP contribution < -0.4 is 0 Å². The minimum absolute atomic E-state index is 0.631. The van der Waals surface area contributed by atoms with Gasteiger partial charge in [0.25, 0.3) is 0 Å². The number of aromatic amines is 1. The molecule has 1 heterocycles. The lowest BCUT2D eigenvalue weighted by Gasteiger charge is -2.16. The summed E-state index contributed by atoms with van der Waals surface area (Å²) in [5, 5.41) is 5.39. The first-order chi connectivity index (χ1) is 10.8. The molecule has 0 radical (unpaired) electrons. The maximum Gasteiger partial charge on any atom is 0.0471 e. The molecule has 1 nitrogen and oxygen atoms in total. The molecule has 0 fully saturated rings. The molecular formula is C21H17N. The van der Waals surface area contributed by atoms with E-state index in [9.17, 15) is 0 Å². The molecule has 1 aromatic heterocycles. The molecule has 1 N–H and O–H groups in total. The van der Waals surface area contributed by atoms with Crippen molar-refractivity contribution in [1.29, 1.82) is 0 Å². The molecule has 0 aliphatic heterocycles. The number of fused-ring (bicyclic) bond motifs is 7. The van der Waals surface area contributed by atoms with Crippen molar-refractivity contribution in [2.24, 2.45) is 5.92 Å². The molecule has 0 amide bonds. The third-order valence-corrected chi connectivity index (χ3v) is 4.92. The van der Waals surface area contributed by atoms with Crippen LogP contribution in [0.15, 0.2) is 54.6 Å². The minimum atomic E-state index is 0.631. The highest BCUT2D eigenvalue weighted by Crippen LogP contribution is 2.38. The number of hydrogen-bond donors (Lipinski definition) is 1. The van der Waals surface area contributed by atoms with Gasteiger partial charge in [0.2, 0.25) is 0 Å². The van der Waals surface area contributed by atoms with Gasteiger partial charge in [-0.3, -0.25) is 0 Å². The second kappa shape index (κ2) is 4.23. The Hall–Kier alpha value is -2.54. The summed E-state index contributed by atoms with van der Waals surface area (Å²) in [5.74, 6) is 0.631. The summed E-state index contributed by atoms with van der Waals surface area (Å²) in [4.78, 5) is 3.60. The predicted octanol–water partition coefficient (Wildman–Crippen LogP) is 5.68. The van der Waals surface area contributed by atoms with Crippen LogP contribution in [-0.2, 0) is 6.42 Å². The smallest absolute Gasteiger partial charge is 0.0471 e. The monoisotopic (exact) mass is 283 g/mol. The van der Waals surface area contributed by atoms with Crippen LogP contribution in [0, 0.1) is 5.92 Å². The number of aromatic nitrogens is 1. The molecule has 22 heavy (non-hydrogen) atoms. The Labute approximate surface area is 129 Å². The van der Waals surface area contributed by atoms with Gasteiger partial charge in [0, 0.05) is 21.8 Å². The lowest BCUT2D eigenvalue weighted by atomic mass is 9.88. The highest BCUT2D eigenvalue weighted by atomic mass is 14.7. The molecule has 0 saturated heterocycles. The van der Waals surface area contributed by atoms with Crippen LogP contribution in [-0.4, -0.2) is 4.98 Å². The van der Waals surface area contributed by atoms with Crippen molar-refractivity contribution >= 4 is 38.7 Å². The predicted molar refractivity (Wildman–Crippen MR) is 95.2 cm³/mol. The molecule has 1 aliphatic carbocycles. The highest BCUT2D eigenvalue weighted by Gasteiger charge is 2.16. The maximum atomic E-state index is 3.60. The number of nitrogens with one attached hydrogen (secondary N) is 1. The largest absolute Gasteiger partial charge is 0.354 e. The molecule has 5 rings (SSSR count). The molecule has 1 heteroatoms. The minimum Gasteiger partial charge on any atom is -0.354 e. The van der Waals surface area contributed by atoms with E-state index in [1.807, 2.05) is 0 Å². The van der Waals surface area contributed by atoms with Gasteiger partial charge in [-0.2, -0.15) is 0 Å². The lowest BCUT2D eigenvalue weighted by Crippen LogP contribution is -2.03. The summed E-state index contributed by atoms with van der Waals surface area (Å²) in [5.41, 5.74) is 5.34. The van der Waals surface area contributed by atoms with Crippen molar-refractivity contribution < 1.29 is 0 Å². The molecule has 1 atom stereocenters. The van der Waals surface area contributed by atoms with Gasteiger partial charge < -0.3 is 4.98 Å². The molecule has 3 aromatic carbocycles. The second-order valence-electron chi connectivity index (χ2n) is 6.44. The number of rotatable bonds is 0. The fourth-order valence-corrected chi connectivity index (χ4v) is 3.87. The van der Waals surface area contributed by atoms with Gasteiger partial charge in [0.15, 0.2) is 0 Å². The van der Waals surface area contributed by atoms with E-state index < -0.39 is 0 Å². The highest BCUT2D eigenvalue weighted by molar-refractivity contribution is 6.22. The van der Waals surface area contributed by atoms with Gasteiger partial charge in [-0.1, -0.05) is 55.5 Å². The van der Waals surface area contributed by atoms with E-state index in [0.29, 0.717) is 5.92 Å². The van der Waals surface area contributed by atoms with Crippen LogP contribution in [0.5, 0.6) is 0 Å². The zero-order valence-corrected chi connectivity index (χ0v) is 12.6. The topological polar surface area (TPSA) is 15.8 Å². The Morgan fingerprint density at radius 2 is 1.73 bits per heavy atom. The number of hydrogen-bond acceptors (Lipinski definition) is 0. The van der Waals surface area contributed by atoms with E-state index >= 15 is 0 Å².